The SMILES string of the molecule is c1ccc(C2CCN2c2c3c(nc4ccnn24)CCNCC3)cc1. The van der Waals surface area contributed by atoms with Crippen LogP contribution in [0.25, 0.3) is 5.65 Å². The lowest BCUT2D eigenvalue weighted by Crippen LogP contribution is -2.43. The molecule has 24 heavy (non-hydrogen) atoms. The van der Waals surface area contributed by atoms with Crippen molar-refractivity contribution in [1.29, 1.82) is 0 Å². The largest absolute Gasteiger partial charge is 0.349 e. The number of benzene rings is 1. The van der Waals surface area contributed by atoms with Crippen molar-refractivity contribution in [3.8, 4) is 0 Å². The zero-order valence-electron chi connectivity index (χ0n) is 13.7. The lowest BCUT2D eigenvalue weighted by Gasteiger charge is -2.44. The summed E-state index contributed by atoms with van der Waals surface area (Å²) in [6, 6.07) is 13.3. The topological polar surface area (TPSA) is 45.5 Å². The summed E-state index contributed by atoms with van der Waals surface area (Å²) in [6.07, 6.45) is 5.07. The van der Waals surface area contributed by atoms with Crippen LogP contribution in [0, 0.1) is 0 Å². The van der Waals surface area contributed by atoms with Gasteiger partial charge in [-0.25, -0.2) is 4.98 Å². The molecule has 0 amide bonds. The quantitative estimate of drug-likeness (QED) is 0.788. The average molecular weight is 319 g/mol. The summed E-state index contributed by atoms with van der Waals surface area (Å²) in [5.74, 6) is 1.25. The van der Waals surface area contributed by atoms with E-state index in [1.54, 1.807) is 0 Å². The van der Waals surface area contributed by atoms with Gasteiger partial charge in [-0.2, -0.15) is 9.61 Å². The van der Waals surface area contributed by atoms with Crippen molar-refractivity contribution in [2.45, 2.75) is 25.3 Å². The van der Waals surface area contributed by atoms with Gasteiger partial charge in [0.05, 0.1) is 17.9 Å². The van der Waals surface area contributed by atoms with E-state index < -0.39 is 0 Å². The number of rotatable bonds is 2. The van der Waals surface area contributed by atoms with Crippen molar-refractivity contribution < 1.29 is 0 Å². The highest BCUT2D eigenvalue weighted by atomic mass is 15.4. The Morgan fingerprint density at radius 2 is 1.92 bits per heavy atom. The van der Waals surface area contributed by atoms with Crippen LogP contribution in [-0.4, -0.2) is 34.2 Å². The molecule has 122 valence electrons. The van der Waals surface area contributed by atoms with Gasteiger partial charge in [0.2, 0.25) is 0 Å². The van der Waals surface area contributed by atoms with Gasteiger partial charge in [-0.1, -0.05) is 30.3 Å². The van der Waals surface area contributed by atoms with Crippen LogP contribution in [-0.2, 0) is 12.8 Å². The highest BCUT2D eigenvalue weighted by molar-refractivity contribution is 5.60. The van der Waals surface area contributed by atoms with Crippen LogP contribution in [0.4, 0.5) is 5.82 Å². The Kier molecular flexibility index (Phi) is 3.26. The molecule has 3 aromatic rings. The van der Waals surface area contributed by atoms with Gasteiger partial charge in [0.25, 0.3) is 0 Å². The lowest BCUT2D eigenvalue weighted by atomic mass is 9.93. The summed E-state index contributed by atoms with van der Waals surface area (Å²) in [5.41, 5.74) is 4.96. The molecule has 4 heterocycles. The first-order valence-electron chi connectivity index (χ1n) is 8.79. The first-order chi connectivity index (χ1) is 11.9. The zero-order valence-corrected chi connectivity index (χ0v) is 13.7. The monoisotopic (exact) mass is 319 g/mol. The maximum atomic E-state index is 4.87. The van der Waals surface area contributed by atoms with Crippen LogP contribution < -0.4 is 10.2 Å². The van der Waals surface area contributed by atoms with Crippen LogP contribution in [0.3, 0.4) is 0 Å². The van der Waals surface area contributed by atoms with Crippen LogP contribution in [0.15, 0.2) is 42.6 Å². The van der Waals surface area contributed by atoms with Crippen molar-refractivity contribution in [1.82, 2.24) is 19.9 Å². The smallest absolute Gasteiger partial charge is 0.157 e. The van der Waals surface area contributed by atoms with Gasteiger partial charge in [0, 0.05) is 31.1 Å². The Labute approximate surface area is 141 Å². The molecule has 0 radical (unpaired) electrons. The number of hydrogen-bond acceptors (Lipinski definition) is 4. The minimum Gasteiger partial charge on any atom is -0.349 e. The second kappa shape index (κ2) is 5.60. The maximum Gasteiger partial charge on any atom is 0.157 e. The number of fused-ring (bicyclic) bond motifs is 2. The average Bonchev–Trinajstić information content (AvgIpc) is 2.91. The van der Waals surface area contributed by atoms with E-state index in [-0.39, 0.29) is 0 Å². The molecule has 1 atom stereocenters. The summed E-state index contributed by atoms with van der Waals surface area (Å²) in [5, 5.41) is 8.08. The molecular weight excluding hydrogens is 298 g/mol. The fourth-order valence-electron chi connectivity index (χ4n) is 3.97. The molecule has 0 spiro atoms. The van der Waals surface area contributed by atoms with E-state index in [1.165, 1.54) is 29.1 Å². The van der Waals surface area contributed by atoms with E-state index in [0.29, 0.717) is 6.04 Å². The minimum atomic E-state index is 0.446. The molecule has 1 N–H and O–H groups in total. The van der Waals surface area contributed by atoms with E-state index in [0.717, 1.165) is 38.1 Å². The Balaban J connectivity index is 1.66. The summed E-state index contributed by atoms with van der Waals surface area (Å²) in [7, 11) is 0. The fourth-order valence-corrected chi connectivity index (χ4v) is 3.97. The van der Waals surface area contributed by atoms with Crippen molar-refractivity contribution in [3.05, 3.63) is 59.4 Å². The standard InChI is InChI=1S/C19H21N5/c1-2-4-14(5-3-1)17-9-13-23(17)19-15-6-10-20-11-7-16(15)22-18-8-12-21-24(18)19/h1-5,8,12,17,20H,6-7,9-11,13H2. The van der Waals surface area contributed by atoms with Crippen molar-refractivity contribution in [2.75, 3.05) is 24.5 Å². The summed E-state index contributed by atoms with van der Waals surface area (Å²) in [4.78, 5) is 7.38. The Hall–Kier alpha value is -2.40. The molecule has 0 bridgehead atoms. The predicted molar refractivity (Wildman–Crippen MR) is 94.4 cm³/mol. The van der Waals surface area contributed by atoms with E-state index >= 15 is 0 Å². The van der Waals surface area contributed by atoms with E-state index in [2.05, 4.69) is 45.6 Å². The predicted octanol–water partition coefficient (Wildman–Crippen LogP) is 2.37. The van der Waals surface area contributed by atoms with Gasteiger partial charge in [-0.15, -0.1) is 0 Å². The van der Waals surface area contributed by atoms with Crippen molar-refractivity contribution in [2.24, 2.45) is 0 Å². The summed E-state index contributed by atoms with van der Waals surface area (Å²) in [6.45, 7) is 3.10. The molecule has 2 aliphatic rings. The van der Waals surface area contributed by atoms with Crippen LogP contribution in [0.1, 0.15) is 29.3 Å². The van der Waals surface area contributed by atoms with Gasteiger partial charge in [0.1, 0.15) is 5.82 Å². The number of nitrogens with zero attached hydrogens (tertiary/aromatic N) is 4. The van der Waals surface area contributed by atoms with E-state index in [9.17, 15) is 0 Å². The number of nitrogens with one attached hydrogen (secondary N) is 1. The normalized spacial score (nSPS) is 20.5. The van der Waals surface area contributed by atoms with Crippen LogP contribution >= 0.6 is 0 Å². The molecule has 1 unspecified atom stereocenters. The van der Waals surface area contributed by atoms with Gasteiger partial charge in [-0.3, -0.25) is 0 Å². The lowest BCUT2D eigenvalue weighted by molar-refractivity contribution is 0.454. The molecule has 2 aromatic heterocycles. The van der Waals surface area contributed by atoms with Gasteiger partial charge >= 0.3 is 0 Å². The third-order valence-corrected chi connectivity index (χ3v) is 5.26. The highest BCUT2D eigenvalue weighted by Gasteiger charge is 2.34. The molecule has 2 aliphatic heterocycles. The summed E-state index contributed by atoms with van der Waals surface area (Å²) < 4.78 is 2.04. The van der Waals surface area contributed by atoms with E-state index in [4.69, 9.17) is 4.98 Å². The third kappa shape index (κ3) is 2.12. The zero-order chi connectivity index (χ0) is 15.9. The molecule has 0 saturated carbocycles. The first-order valence-corrected chi connectivity index (χ1v) is 8.79. The van der Waals surface area contributed by atoms with Gasteiger partial charge in [0.15, 0.2) is 5.65 Å². The van der Waals surface area contributed by atoms with Crippen molar-refractivity contribution in [3.63, 3.8) is 0 Å². The molecule has 5 nitrogen and oxygen atoms in total. The molecule has 5 heteroatoms. The first kappa shape index (κ1) is 14.0. The fraction of sp³-hybridized carbons (Fsp3) is 0.368. The Morgan fingerprint density at radius 1 is 1.04 bits per heavy atom. The highest BCUT2D eigenvalue weighted by Crippen LogP contribution is 2.40. The van der Waals surface area contributed by atoms with Crippen LogP contribution in [0.2, 0.25) is 0 Å². The molecule has 0 aliphatic carbocycles. The summed E-state index contributed by atoms with van der Waals surface area (Å²) >= 11 is 0. The molecule has 1 saturated heterocycles. The molecule has 1 aromatic carbocycles. The van der Waals surface area contributed by atoms with Crippen molar-refractivity contribution >= 4 is 11.5 Å². The second-order valence-electron chi connectivity index (χ2n) is 6.62. The number of anilines is 1. The second-order valence-corrected chi connectivity index (χ2v) is 6.62. The number of aromatic nitrogens is 3. The number of hydrogen-bond donors (Lipinski definition) is 1. The molecule has 1 fully saturated rings. The maximum absolute atomic E-state index is 4.87. The Bertz CT molecular complexity index is 870. The molecule has 5 rings (SSSR count). The van der Waals surface area contributed by atoms with Gasteiger partial charge < -0.3 is 10.2 Å². The van der Waals surface area contributed by atoms with Crippen LogP contribution in [0.5, 0.6) is 0 Å². The minimum absolute atomic E-state index is 0.446. The van der Waals surface area contributed by atoms with Gasteiger partial charge in [-0.05, 0) is 24.9 Å². The Morgan fingerprint density at radius 3 is 2.75 bits per heavy atom. The third-order valence-electron chi connectivity index (χ3n) is 5.26. The van der Waals surface area contributed by atoms with E-state index in [1.807, 2.05) is 16.8 Å². The molecular formula is C19H21N5.